The van der Waals surface area contributed by atoms with Crippen LogP contribution in [0, 0.1) is 0 Å². The fraction of sp³-hybridized carbons (Fsp3) is 0.176. The molecular weight excluding hydrogens is 296 g/mol. The van der Waals surface area contributed by atoms with Crippen LogP contribution in [0.25, 0.3) is 0 Å². The summed E-state index contributed by atoms with van der Waals surface area (Å²) < 4.78 is 0. The van der Waals surface area contributed by atoms with Crippen molar-refractivity contribution in [3.63, 3.8) is 0 Å². The molecule has 112 valence electrons. The molecule has 2 aromatic rings. The Morgan fingerprint density at radius 3 is 2.64 bits per heavy atom. The van der Waals surface area contributed by atoms with E-state index in [0.717, 1.165) is 16.1 Å². The summed E-state index contributed by atoms with van der Waals surface area (Å²) >= 11 is 1.44. The molecule has 22 heavy (non-hydrogen) atoms. The van der Waals surface area contributed by atoms with Gasteiger partial charge in [0.15, 0.2) is 0 Å². The lowest BCUT2D eigenvalue weighted by Crippen LogP contribution is -2.34. The second-order valence-corrected chi connectivity index (χ2v) is 6.30. The van der Waals surface area contributed by atoms with Crippen molar-refractivity contribution in [1.82, 2.24) is 5.32 Å². The summed E-state index contributed by atoms with van der Waals surface area (Å²) in [5.74, 6) is -0.227. The third kappa shape index (κ3) is 3.49. The van der Waals surface area contributed by atoms with Crippen LogP contribution in [0.2, 0.25) is 0 Å². The van der Waals surface area contributed by atoms with Gasteiger partial charge in [-0.1, -0.05) is 42.5 Å². The number of amides is 2. The van der Waals surface area contributed by atoms with Crippen molar-refractivity contribution in [3.8, 4) is 0 Å². The Hall–Kier alpha value is -2.27. The van der Waals surface area contributed by atoms with E-state index < -0.39 is 0 Å². The van der Waals surface area contributed by atoms with Crippen LogP contribution in [-0.4, -0.2) is 17.1 Å². The van der Waals surface area contributed by atoms with Gasteiger partial charge in [-0.25, -0.2) is 0 Å². The molecule has 3 rings (SSSR count). The number of hydrogen-bond donors (Lipinski definition) is 2. The third-order valence-electron chi connectivity index (χ3n) is 3.41. The van der Waals surface area contributed by atoms with Gasteiger partial charge in [0.1, 0.15) is 0 Å². The maximum absolute atomic E-state index is 12.1. The number of thioether (sulfide) groups is 1. The minimum atomic E-state index is -0.384. The topological polar surface area (TPSA) is 58.2 Å². The smallest absolute Gasteiger partial charge is 0.238 e. The highest BCUT2D eigenvalue weighted by atomic mass is 32.2. The zero-order valence-corrected chi connectivity index (χ0v) is 12.7. The first-order valence-electron chi connectivity index (χ1n) is 7.09. The van der Waals surface area contributed by atoms with E-state index in [2.05, 4.69) is 10.6 Å². The average molecular weight is 312 g/mol. The Labute approximate surface area is 133 Å². The molecule has 1 aliphatic heterocycles. The Morgan fingerprint density at radius 1 is 1.09 bits per heavy atom. The van der Waals surface area contributed by atoms with Crippen molar-refractivity contribution >= 4 is 29.3 Å². The molecule has 1 heterocycles. The number of nitrogens with one attached hydrogen (secondary N) is 2. The maximum Gasteiger partial charge on any atom is 0.238 e. The molecule has 0 aromatic heterocycles. The van der Waals surface area contributed by atoms with Crippen LogP contribution in [0.1, 0.15) is 12.0 Å². The summed E-state index contributed by atoms with van der Waals surface area (Å²) in [7, 11) is 0. The third-order valence-corrected chi connectivity index (χ3v) is 4.69. The highest BCUT2D eigenvalue weighted by molar-refractivity contribution is 8.01. The van der Waals surface area contributed by atoms with Crippen LogP contribution in [0.15, 0.2) is 59.5 Å². The molecule has 0 radical (unpaired) electrons. The van der Waals surface area contributed by atoms with E-state index in [1.807, 2.05) is 54.6 Å². The van der Waals surface area contributed by atoms with Crippen LogP contribution in [0.4, 0.5) is 5.69 Å². The standard InChI is InChI=1S/C17H16N2O2S/c20-16(18-11-12-6-2-1-3-7-12)10-15-17(21)19-13-8-4-5-9-14(13)22-15/h1-9,15H,10-11H2,(H,18,20)(H,19,21)/t15-/m1/s1. The number of rotatable bonds is 4. The second-order valence-electron chi connectivity index (χ2n) is 5.06. The highest BCUT2D eigenvalue weighted by Crippen LogP contribution is 2.36. The Morgan fingerprint density at radius 2 is 1.82 bits per heavy atom. The molecular formula is C17H16N2O2S. The predicted molar refractivity (Wildman–Crippen MR) is 87.6 cm³/mol. The Balaban J connectivity index is 1.57. The van der Waals surface area contributed by atoms with E-state index in [9.17, 15) is 9.59 Å². The lowest BCUT2D eigenvalue weighted by Gasteiger charge is -2.23. The number of hydrogen-bond acceptors (Lipinski definition) is 3. The molecule has 2 aromatic carbocycles. The molecule has 2 amide bonds. The Bertz CT molecular complexity index is 688. The van der Waals surface area contributed by atoms with Gasteiger partial charge in [-0.15, -0.1) is 11.8 Å². The van der Waals surface area contributed by atoms with Gasteiger partial charge in [0.05, 0.1) is 10.9 Å². The summed E-state index contributed by atoms with van der Waals surface area (Å²) in [4.78, 5) is 25.1. The SMILES string of the molecule is O=C(C[C@H]1Sc2ccccc2NC1=O)NCc1ccccc1. The van der Waals surface area contributed by atoms with Crippen LogP contribution >= 0.6 is 11.8 Å². The van der Waals surface area contributed by atoms with Crippen molar-refractivity contribution in [2.24, 2.45) is 0 Å². The first kappa shape index (κ1) is 14.7. The fourth-order valence-corrected chi connectivity index (χ4v) is 3.37. The van der Waals surface area contributed by atoms with Crippen molar-refractivity contribution < 1.29 is 9.59 Å². The number of para-hydroxylation sites is 1. The van der Waals surface area contributed by atoms with Crippen molar-refractivity contribution in [2.45, 2.75) is 23.1 Å². The minimum Gasteiger partial charge on any atom is -0.352 e. The van der Waals surface area contributed by atoms with Gasteiger partial charge in [-0.3, -0.25) is 9.59 Å². The van der Waals surface area contributed by atoms with Gasteiger partial charge in [-0.2, -0.15) is 0 Å². The molecule has 0 saturated heterocycles. The van der Waals surface area contributed by atoms with Crippen LogP contribution in [0.5, 0.6) is 0 Å². The van der Waals surface area contributed by atoms with Crippen molar-refractivity contribution in [2.75, 3.05) is 5.32 Å². The highest BCUT2D eigenvalue weighted by Gasteiger charge is 2.28. The van der Waals surface area contributed by atoms with Gasteiger partial charge < -0.3 is 10.6 Å². The number of fused-ring (bicyclic) bond motifs is 1. The van der Waals surface area contributed by atoms with Crippen LogP contribution < -0.4 is 10.6 Å². The number of carbonyl (C=O) groups excluding carboxylic acids is 2. The van der Waals surface area contributed by atoms with Crippen molar-refractivity contribution in [1.29, 1.82) is 0 Å². The minimum absolute atomic E-state index is 0.112. The molecule has 0 fully saturated rings. The zero-order valence-electron chi connectivity index (χ0n) is 11.9. The maximum atomic E-state index is 12.1. The quantitative estimate of drug-likeness (QED) is 0.912. The summed E-state index contributed by atoms with van der Waals surface area (Å²) in [6.45, 7) is 0.481. The number of anilines is 1. The number of carbonyl (C=O) groups is 2. The fourth-order valence-electron chi connectivity index (χ4n) is 2.26. The van der Waals surface area contributed by atoms with Crippen LogP contribution in [0.3, 0.4) is 0 Å². The van der Waals surface area contributed by atoms with Gasteiger partial charge in [0, 0.05) is 17.9 Å². The summed E-state index contributed by atoms with van der Waals surface area (Å²) in [5.41, 5.74) is 1.86. The van der Waals surface area contributed by atoms with Gasteiger partial charge in [0.25, 0.3) is 0 Å². The normalized spacial score (nSPS) is 16.5. The van der Waals surface area contributed by atoms with E-state index in [1.54, 1.807) is 0 Å². The predicted octanol–water partition coefficient (Wildman–Crippen LogP) is 2.81. The van der Waals surface area contributed by atoms with Gasteiger partial charge in [0.2, 0.25) is 11.8 Å². The monoisotopic (exact) mass is 312 g/mol. The average Bonchev–Trinajstić information content (AvgIpc) is 2.55. The zero-order chi connectivity index (χ0) is 15.4. The van der Waals surface area contributed by atoms with E-state index in [4.69, 9.17) is 0 Å². The largest absolute Gasteiger partial charge is 0.352 e. The second kappa shape index (κ2) is 6.66. The molecule has 1 aliphatic rings. The van der Waals surface area contributed by atoms with E-state index in [0.29, 0.717) is 6.54 Å². The molecule has 1 atom stereocenters. The lowest BCUT2D eigenvalue weighted by atomic mass is 10.2. The summed E-state index contributed by atoms with van der Waals surface area (Å²) in [5, 5.41) is 5.32. The van der Waals surface area contributed by atoms with Gasteiger partial charge >= 0.3 is 0 Å². The molecule has 0 spiro atoms. The first-order chi connectivity index (χ1) is 10.7. The summed E-state index contributed by atoms with van der Waals surface area (Å²) in [6, 6.07) is 17.3. The molecule has 0 bridgehead atoms. The molecule has 0 unspecified atom stereocenters. The van der Waals surface area contributed by atoms with Crippen molar-refractivity contribution in [3.05, 3.63) is 60.2 Å². The molecule has 0 saturated carbocycles. The molecule has 0 aliphatic carbocycles. The number of benzene rings is 2. The molecule has 4 nitrogen and oxygen atoms in total. The lowest BCUT2D eigenvalue weighted by molar-refractivity contribution is -0.124. The van der Waals surface area contributed by atoms with Crippen LogP contribution in [-0.2, 0) is 16.1 Å². The molecule has 5 heteroatoms. The van der Waals surface area contributed by atoms with E-state index in [1.165, 1.54) is 11.8 Å². The summed E-state index contributed by atoms with van der Waals surface area (Å²) in [6.07, 6.45) is 0.178. The van der Waals surface area contributed by atoms with E-state index >= 15 is 0 Å². The van der Waals surface area contributed by atoms with E-state index in [-0.39, 0.29) is 23.5 Å². The van der Waals surface area contributed by atoms with Gasteiger partial charge in [-0.05, 0) is 17.7 Å². The molecule has 2 N–H and O–H groups in total. The first-order valence-corrected chi connectivity index (χ1v) is 7.97. The Kier molecular flexibility index (Phi) is 4.44.